The monoisotopic (exact) mass is 400 g/mol. The summed E-state index contributed by atoms with van der Waals surface area (Å²) in [6.45, 7) is 4.22. The molecule has 1 heteroatoms. The molecule has 0 radical (unpaired) electrons. The Morgan fingerprint density at radius 1 is 0.808 bits per heavy atom. The number of benzene rings is 3. The smallest absolute Gasteiger partial charge is 0.0721 e. The second-order valence-corrected chi connectivity index (χ2v) is 7.42. The third kappa shape index (κ3) is 2.27. The van der Waals surface area contributed by atoms with E-state index in [9.17, 15) is 0 Å². The first-order valence-corrected chi connectivity index (χ1v) is 9.78. The second kappa shape index (κ2) is 6.74. The number of fused-ring (bicyclic) bond motifs is 3. The maximum atomic E-state index is 3.88. The maximum Gasteiger partial charge on any atom is 0.0721 e. The molecule has 0 saturated carbocycles. The predicted molar refractivity (Wildman–Crippen MR) is 114 cm³/mol. The van der Waals surface area contributed by atoms with Crippen LogP contribution in [0.1, 0.15) is 30.5 Å². The summed E-state index contributed by atoms with van der Waals surface area (Å²) >= 11 is 3.88. The van der Waals surface area contributed by atoms with Crippen LogP contribution in [0.4, 0.5) is 0 Å². The van der Waals surface area contributed by atoms with Crippen molar-refractivity contribution in [3.05, 3.63) is 118 Å². The quantitative estimate of drug-likeness (QED) is 0.405. The van der Waals surface area contributed by atoms with Crippen molar-refractivity contribution in [1.29, 1.82) is 0 Å². The van der Waals surface area contributed by atoms with E-state index in [0.717, 1.165) is 4.47 Å². The van der Waals surface area contributed by atoms with Gasteiger partial charge in [0.2, 0.25) is 0 Å². The largest absolute Gasteiger partial charge is 0.0873 e. The van der Waals surface area contributed by atoms with E-state index in [1.54, 1.807) is 0 Å². The molecule has 1 aliphatic carbocycles. The highest BCUT2D eigenvalue weighted by atomic mass is 79.9. The zero-order chi connectivity index (χ0) is 18.1. The first-order valence-electron chi connectivity index (χ1n) is 8.99. The lowest BCUT2D eigenvalue weighted by Crippen LogP contribution is -2.29. The van der Waals surface area contributed by atoms with Gasteiger partial charge in [-0.1, -0.05) is 101 Å². The average Bonchev–Trinajstić information content (AvgIpc) is 3.00. The van der Waals surface area contributed by atoms with E-state index < -0.39 is 0 Å². The number of allylic oxidation sites excluding steroid dienone is 4. The molecule has 0 aliphatic heterocycles. The lowest BCUT2D eigenvalue weighted by atomic mass is 9.67. The minimum atomic E-state index is -0.311. The number of hydrogen-bond acceptors (Lipinski definition) is 0. The highest BCUT2D eigenvalue weighted by Crippen LogP contribution is 2.58. The van der Waals surface area contributed by atoms with E-state index in [4.69, 9.17) is 0 Å². The Balaban J connectivity index is 2.23. The topological polar surface area (TPSA) is 0 Å². The minimum absolute atomic E-state index is 0.311. The summed E-state index contributed by atoms with van der Waals surface area (Å²) in [5.41, 5.74) is 7.58. The Morgan fingerprint density at radius 2 is 1.50 bits per heavy atom. The van der Waals surface area contributed by atoms with Crippen LogP contribution in [0.15, 0.2) is 101 Å². The summed E-state index contributed by atoms with van der Waals surface area (Å²) in [5, 5.41) is 0. The van der Waals surface area contributed by atoms with Gasteiger partial charge in [0.1, 0.15) is 0 Å². The summed E-state index contributed by atoms with van der Waals surface area (Å²) in [4.78, 5) is 0. The summed E-state index contributed by atoms with van der Waals surface area (Å²) in [6, 6.07) is 26.2. The Morgan fingerprint density at radius 3 is 2.23 bits per heavy atom. The molecule has 0 spiro atoms. The molecule has 0 nitrogen and oxygen atoms in total. The van der Waals surface area contributed by atoms with Crippen molar-refractivity contribution in [3.63, 3.8) is 0 Å². The van der Waals surface area contributed by atoms with Crippen LogP contribution in [0, 0.1) is 0 Å². The first-order chi connectivity index (χ1) is 12.7. The molecular weight excluding hydrogens is 380 g/mol. The molecule has 0 aromatic heterocycles. The van der Waals surface area contributed by atoms with E-state index in [1.807, 2.05) is 0 Å². The SMILES string of the molecule is C/C=C\C(=C/C)C1(c2ccccc2)c2ccccc2-c2cccc(Br)c21. The average molecular weight is 401 g/mol. The van der Waals surface area contributed by atoms with Crippen LogP contribution >= 0.6 is 15.9 Å². The fourth-order valence-electron chi connectivity index (χ4n) is 4.38. The normalized spacial score (nSPS) is 18.8. The Hall–Kier alpha value is -2.38. The molecule has 1 aliphatic rings. The lowest BCUT2D eigenvalue weighted by molar-refractivity contribution is 0.761. The van der Waals surface area contributed by atoms with Gasteiger partial charge in [0.15, 0.2) is 0 Å². The van der Waals surface area contributed by atoms with Crippen molar-refractivity contribution in [2.24, 2.45) is 0 Å². The van der Waals surface area contributed by atoms with Crippen molar-refractivity contribution in [2.75, 3.05) is 0 Å². The fourth-order valence-corrected chi connectivity index (χ4v) is 5.04. The maximum absolute atomic E-state index is 3.88. The van der Waals surface area contributed by atoms with Gasteiger partial charge in [-0.2, -0.15) is 0 Å². The molecule has 0 saturated heterocycles. The molecule has 1 unspecified atom stereocenters. The van der Waals surface area contributed by atoms with Gasteiger partial charge in [0, 0.05) is 4.47 Å². The summed E-state index contributed by atoms with van der Waals surface area (Å²) in [7, 11) is 0. The molecule has 0 fully saturated rings. The molecular formula is C25H21Br. The van der Waals surface area contributed by atoms with Gasteiger partial charge >= 0.3 is 0 Å². The molecule has 0 amide bonds. The zero-order valence-electron chi connectivity index (χ0n) is 15.0. The third-order valence-electron chi connectivity index (χ3n) is 5.31. The second-order valence-electron chi connectivity index (χ2n) is 6.57. The van der Waals surface area contributed by atoms with Crippen LogP contribution in [-0.4, -0.2) is 0 Å². The van der Waals surface area contributed by atoms with Crippen LogP contribution in [0.25, 0.3) is 11.1 Å². The van der Waals surface area contributed by atoms with Gasteiger partial charge in [0.25, 0.3) is 0 Å². The first kappa shape index (κ1) is 17.1. The molecule has 128 valence electrons. The number of halogens is 1. The Kier molecular flexibility index (Phi) is 4.42. The summed E-state index contributed by atoms with van der Waals surface area (Å²) in [6.07, 6.45) is 6.63. The van der Waals surface area contributed by atoms with Gasteiger partial charge in [-0.15, -0.1) is 0 Å². The molecule has 26 heavy (non-hydrogen) atoms. The summed E-state index contributed by atoms with van der Waals surface area (Å²) in [5.74, 6) is 0. The molecule has 3 aromatic rings. The van der Waals surface area contributed by atoms with E-state index in [0.29, 0.717) is 0 Å². The van der Waals surface area contributed by atoms with Crippen molar-refractivity contribution < 1.29 is 0 Å². The number of rotatable bonds is 3. The molecule has 0 heterocycles. The fraction of sp³-hybridized carbons (Fsp3) is 0.120. The van der Waals surface area contributed by atoms with Crippen LogP contribution < -0.4 is 0 Å². The minimum Gasteiger partial charge on any atom is -0.0873 e. The Bertz CT molecular complexity index is 1010. The van der Waals surface area contributed by atoms with E-state index in [2.05, 4.69) is 121 Å². The van der Waals surface area contributed by atoms with Gasteiger partial charge in [-0.3, -0.25) is 0 Å². The van der Waals surface area contributed by atoms with E-state index in [1.165, 1.54) is 33.4 Å². The Labute approximate surface area is 164 Å². The zero-order valence-corrected chi connectivity index (χ0v) is 16.6. The molecule has 3 aromatic carbocycles. The van der Waals surface area contributed by atoms with Crippen molar-refractivity contribution in [3.8, 4) is 11.1 Å². The highest BCUT2D eigenvalue weighted by Gasteiger charge is 2.47. The van der Waals surface area contributed by atoms with Gasteiger partial charge in [0.05, 0.1) is 5.41 Å². The van der Waals surface area contributed by atoms with Crippen LogP contribution in [0.5, 0.6) is 0 Å². The third-order valence-corrected chi connectivity index (χ3v) is 5.97. The lowest BCUT2D eigenvalue weighted by Gasteiger charge is -2.35. The van der Waals surface area contributed by atoms with Crippen molar-refractivity contribution in [2.45, 2.75) is 19.3 Å². The van der Waals surface area contributed by atoms with Gasteiger partial charge in [-0.25, -0.2) is 0 Å². The predicted octanol–water partition coefficient (Wildman–Crippen LogP) is 7.29. The van der Waals surface area contributed by atoms with Gasteiger partial charge < -0.3 is 0 Å². The van der Waals surface area contributed by atoms with Crippen LogP contribution in [0.3, 0.4) is 0 Å². The van der Waals surface area contributed by atoms with E-state index in [-0.39, 0.29) is 5.41 Å². The van der Waals surface area contributed by atoms with Crippen LogP contribution in [-0.2, 0) is 5.41 Å². The molecule has 0 N–H and O–H groups in total. The molecule has 0 bridgehead atoms. The molecule has 4 rings (SSSR count). The van der Waals surface area contributed by atoms with E-state index >= 15 is 0 Å². The van der Waals surface area contributed by atoms with Crippen LogP contribution in [0.2, 0.25) is 0 Å². The van der Waals surface area contributed by atoms with Crippen molar-refractivity contribution in [1.82, 2.24) is 0 Å². The highest BCUT2D eigenvalue weighted by molar-refractivity contribution is 9.10. The van der Waals surface area contributed by atoms with Gasteiger partial charge in [-0.05, 0) is 53.3 Å². The standard InChI is InChI=1S/C25H21Br/c1-3-11-18(4-2)25(19-12-6-5-7-13-19)22-16-9-8-14-20(22)21-15-10-17-23(26)24(21)25/h3-17H,1-2H3/b11-3-,18-4+. The number of hydrogen-bond donors (Lipinski definition) is 0. The van der Waals surface area contributed by atoms with Crippen molar-refractivity contribution >= 4 is 15.9 Å². The molecule has 1 atom stereocenters. The summed E-state index contributed by atoms with van der Waals surface area (Å²) < 4.78 is 1.15.